The summed E-state index contributed by atoms with van der Waals surface area (Å²) in [5, 5.41) is 6.81. The number of carbonyl (C=O) groups is 2. The molecule has 0 aliphatic carbocycles. The van der Waals surface area contributed by atoms with Crippen molar-refractivity contribution in [2.24, 2.45) is 0 Å². The first-order chi connectivity index (χ1) is 16.9. The molecule has 2 fully saturated rings. The van der Waals surface area contributed by atoms with E-state index in [1.165, 1.54) is 13.2 Å². The van der Waals surface area contributed by atoms with Crippen molar-refractivity contribution in [2.75, 3.05) is 31.6 Å². The second kappa shape index (κ2) is 9.05. The van der Waals surface area contributed by atoms with E-state index in [9.17, 15) is 14.0 Å². The van der Waals surface area contributed by atoms with Crippen molar-refractivity contribution < 1.29 is 18.7 Å². The Labute approximate surface area is 203 Å². The zero-order chi connectivity index (χ0) is 24.6. The number of halogens is 1. The van der Waals surface area contributed by atoms with Crippen LogP contribution in [-0.2, 0) is 11.3 Å². The standard InChI is InChI=1S/C26H28FN5O3/c1-18-20(4-3-5-23(18)27)16-32-24(33)31(17-26(32)10-12-30(13-11-26)25(34)35-2)22-8-6-19(7-9-22)21-14-28-29-15-21/h3-9,14-15H,10-13,16-17H2,1-2H3,(H,28,29). The Hall–Kier alpha value is -3.88. The number of hydrogen-bond donors (Lipinski definition) is 1. The molecule has 3 aromatic rings. The molecule has 8 nitrogen and oxygen atoms in total. The lowest BCUT2D eigenvalue weighted by Gasteiger charge is -2.43. The number of rotatable bonds is 4. The third kappa shape index (κ3) is 4.11. The number of likely N-dealkylation sites (tertiary alicyclic amines) is 1. The Bertz CT molecular complexity index is 1220. The van der Waals surface area contributed by atoms with Crippen molar-refractivity contribution in [3.8, 4) is 11.1 Å². The van der Waals surface area contributed by atoms with Crippen LogP contribution in [-0.4, -0.2) is 64.4 Å². The maximum Gasteiger partial charge on any atom is 0.409 e. The van der Waals surface area contributed by atoms with Gasteiger partial charge in [0.05, 0.1) is 25.4 Å². The molecule has 2 saturated heterocycles. The molecule has 3 heterocycles. The number of amides is 3. The minimum atomic E-state index is -0.469. The third-order valence-corrected chi connectivity index (χ3v) is 7.33. The number of nitrogens with one attached hydrogen (secondary N) is 1. The first-order valence-electron chi connectivity index (χ1n) is 11.7. The van der Waals surface area contributed by atoms with Crippen molar-refractivity contribution >= 4 is 17.8 Å². The lowest BCUT2D eigenvalue weighted by molar-refractivity contribution is 0.0615. The summed E-state index contributed by atoms with van der Waals surface area (Å²) in [6.45, 7) is 3.53. The van der Waals surface area contributed by atoms with Crippen molar-refractivity contribution in [1.29, 1.82) is 0 Å². The average molecular weight is 478 g/mol. The van der Waals surface area contributed by atoms with E-state index in [0.29, 0.717) is 44.6 Å². The van der Waals surface area contributed by atoms with E-state index in [1.54, 1.807) is 29.0 Å². The molecule has 0 bridgehead atoms. The molecule has 35 heavy (non-hydrogen) atoms. The number of nitrogens with zero attached hydrogens (tertiary/aromatic N) is 4. The van der Waals surface area contributed by atoms with Crippen molar-refractivity contribution in [1.82, 2.24) is 20.0 Å². The normalized spacial score (nSPS) is 17.3. The molecule has 2 aliphatic heterocycles. The van der Waals surface area contributed by atoms with Crippen LogP contribution in [0.25, 0.3) is 11.1 Å². The van der Waals surface area contributed by atoms with Gasteiger partial charge in [0.25, 0.3) is 0 Å². The summed E-state index contributed by atoms with van der Waals surface area (Å²) in [5.41, 5.74) is 3.64. The molecule has 5 rings (SSSR count). The summed E-state index contributed by atoms with van der Waals surface area (Å²) in [6.07, 6.45) is 4.45. The summed E-state index contributed by atoms with van der Waals surface area (Å²) in [5.74, 6) is -0.282. The molecule has 1 N–H and O–H groups in total. The number of piperidine rings is 1. The molecule has 0 radical (unpaired) electrons. The first kappa shape index (κ1) is 22.9. The molecule has 182 valence electrons. The minimum Gasteiger partial charge on any atom is -0.453 e. The maximum absolute atomic E-state index is 14.3. The lowest BCUT2D eigenvalue weighted by atomic mass is 9.86. The van der Waals surface area contributed by atoms with Crippen LogP contribution < -0.4 is 4.90 Å². The summed E-state index contributed by atoms with van der Waals surface area (Å²) >= 11 is 0. The van der Waals surface area contributed by atoms with Gasteiger partial charge in [0.1, 0.15) is 5.82 Å². The second-order valence-electron chi connectivity index (χ2n) is 9.19. The fraction of sp³-hybridized carbons (Fsp3) is 0.346. The van der Waals surface area contributed by atoms with Gasteiger partial charge in [-0.05, 0) is 54.7 Å². The second-order valence-corrected chi connectivity index (χ2v) is 9.19. The van der Waals surface area contributed by atoms with Crippen LogP contribution in [0.2, 0.25) is 0 Å². The van der Waals surface area contributed by atoms with Crippen molar-refractivity contribution in [3.05, 3.63) is 71.8 Å². The summed E-state index contributed by atoms with van der Waals surface area (Å²) in [7, 11) is 1.37. The van der Waals surface area contributed by atoms with Gasteiger partial charge in [0.15, 0.2) is 0 Å². The van der Waals surface area contributed by atoms with Crippen LogP contribution in [0.5, 0.6) is 0 Å². The summed E-state index contributed by atoms with van der Waals surface area (Å²) < 4.78 is 19.2. The minimum absolute atomic E-state index is 0.115. The smallest absolute Gasteiger partial charge is 0.409 e. The number of methoxy groups -OCH3 is 1. The fourth-order valence-corrected chi connectivity index (χ4v) is 5.13. The molecule has 3 amide bonds. The molecule has 2 aliphatic rings. The van der Waals surface area contributed by atoms with E-state index >= 15 is 0 Å². The Balaban J connectivity index is 1.45. The van der Waals surface area contributed by atoms with E-state index in [1.807, 2.05) is 41.4 Å². The van der Waals surface area contributed by atoms with Gasteiger partial charge in [-0.2, -0.15) is 5.10 Å². The van der Waals surface area contributed by atoms with Gasteiger partial charge >= 0.3 is 12.1 Å². The average Bonchev–Trinajstić information content (AvgIpc) is 3.51. The van der Waals surface area contributed by atoms with Gasteiger partial charge in [-0.15, -0.1) is 0 Å². The highest BCUT2D eigenvalue weighted by Gasteiger charge is 2.51. The molecular formula is C26H28FN5O3. The SMILES string of the molecule is COC(=O)N1CCC2(CC1)CN(c1ccc(-c3cn[nH]c3)cc1)C(=O)N2Cc1cccc(F)c1C. The molecule has 0 saturated carbocycles. The van der Waals surface area contributed by atoms with E-state index < -0.39 is 5.54 Å². The largest absolute Gasteiger partial charge is 0.453 e. The molecule has 2 aromatic carbocycles. The molecule has 0 unspecified atom stereocenters. The van der Waals surface area contributed by atoms with Crippen LogP contribution in [0.1, 0.15) is 24.0 Å². The molecule has 9 heteroatoms. The van der Waals surface area contributed by atoms with Crippen molar-refractivity contribution in [3.63, 3.8) is 0 Å². The number of anilines is 1. The molecular weight excluding hydrogens is 449 g/mol. The highest BCUT2D eigenvalue weighted by atomic mass is 19.1. The number of carbonyl (C=O) groups excluding carboxylic acids is 2. The molecule has 1 aromatic heterocycles. The zero-order valence-electron chi connectivity index (χ0n) is 19.8. The molecule has 1 spiro atoms. The zero-order valence-corrected chi connectivity index (χ0v) is 19.8. The van der Waals surface area contributed by atoms with Gasteiger partial charge in [0.2, 0.25) is 0 Å². The highest BCUT2D eigenvalue weighted by Crippen LogP contribution is 2.40. The van der Waals surface area contributed by atoms with E-state index in [0.717, 1.165) is 22.4 Å². The Morgan fingerprint density at radius 3 is 2.54 bits per heavy atom. The van der Waals surface area contributed by atoms with Crippen LogP contribution >= 0.6 is 0 Å². The molecule has 0 atom stereocenters. The first-order valence-corrected chi connectivity index (χ1v) is 11.7. The van der Waals surface area contributed by atoms with Crippen LogP contribution in [0.4, 0.5) is 19.7 Å². The maximum atomic E-state index is 14.3. The van der Waals surface area contributed by atoms with Gasteiger partial charge < -0.3 is 14.5 Å². The topological polar surface area (TPSA) is 81.8 Å². The van der Waals surface area contributed by atoms with Crippen LogP contribution in [0, 0.1) is 12.7 Å². The van der Waals surface area contributed by atoms with Gasteiger partial charge in [-0.1, -0.05) is 24.3 Å². The number of aromatic nitrogens is 2. The summed E-state index contributed by atoms with van der Waals surface area (Å²) in [6, 6.07) is 12.7. The highest BCUT2D eigenvalue weighted by molar-refractivity contribution is 5.95. The van der Waals surface area contributed by atoms with Gasteiger partial charge in [-0.25, -0.2) is 14.0 Å². The Morgan fingerprint density at radius 1 is 1.14 bits per heavy atom. The number of aromatic amines is 1. The van der Waals surface area contributed by atoms with Gasteiger partial charge in [0, 0.05) is 37.1 Å². The Kier molecular flexibility index (Phi) is 5.92. The van der Waals surface area contributed by atoms with Gasteiger partial charge in [-0.3, -0.25) is 10.00 Å². The number of hydrogen-bond acceptors (Lipinski definition) is 4. The predicted octanol–water partition coefficient (Wildman–Crippen LogP) is 4.57. The van der Waals surface area contributed by atoms with E-state index in [-0.39, 0.29) is 17.9 Å². The quantitative estimate of drug-likeness (QED) is 0.597. The monoisotopic (exact) mass is 477 g/mol. The summed E-state index contributed by atoms with van der Waals surface area (Å²) in [4.78, 5) is 31.2. The number of H-pyrrole nitrogens is 1. The van der Waals surface area contributed by atoms with E-state index in [4.69, 9.17) is 4.74 Å². The fourth-order valence-electron chi connectivity index (χ4n) is 5.13. The number of urea groups is 1. The van der Waals surface area contributed by atoms with Crippen LogP contribution in [0.3, 0.4) is 0 Å². The number of ether oxygens (including phenoxy) is 1. The van der Waals surface area contributed by atoms with Crippen LogP contribution in [0.15, 0.2) is 54.9 Å². The number of benzene rings is 2. The predicted molar refractivity (Wildman–Crippen MR) is 129 cm³/mol. The third-order valence-electron chi connectivity index (χ3n) is 7.33. The van der Waals surface area contributed by atoms with Crippen molar-refractivity contribution in [2.45, 2.75) is 31.8 Å². The Morgan fingerprint density at radius 2 is 1.89 bits per heavy atom. The van der Waals surface area contributed by atoms with E-state index in [2.05, 4.69) is 10.2 Å². The lowest BCUT2D eigenvalue weighted by Crippen LogP contribution is -2.55.